The predicted octanol–water partition coefficient (Wildman–Crippen LogP) is 7.06. The van der Waals surface area contributed by atoms with Crippen molar-refractivity contribution in [2.75, 3.05) is 5.73 Å². The van der Waals surface area contributed by atoms with Gasteiger partial charge >= 0.3 is 0 Å². The van der Waals surface area contributed by atoms with Crippen LogP contribution in [0.2, 0.25) is 0 Å². The second-order valence-electron chi connectivity index (χ2n) is 8.68. The van der Waals surface area contributed by atoms with Crippen molar-refractivity contribution in [2.45, 2.75) is 72.1 Å². The number of allylic oxidation sites excluding steroid dienone is 1. The van der Waals surface area contributed by atoms with Gasteiger partial charge in [0, 0.05) is 11.6 Å². The second kappa shape index (κ2) is 7.92. The first-order valence-electron chi connectivity index (χ1n) is 10.5. The molecule has 2 aromatic carbocycles. The number of nitrogen functional groups attached to an aromatic ring is 1. The molecule has 0 fully saturated rings. The average Bonchev–Trinajstić information content (AvgIpc) is 2.64. The molecule has 3 unspecified atom stereocenters. The minimum atomic E-state index is 0.409. The van der Waals surface area contributed by atoms with Gasteiger partial charge in [0.05, 0.1) is 0 Å². The fourth-order valence-corrected chi connectivity index (χ4v) is 4.95. The number of benzene rings is 2. The third-order valence-electron chi connectivity index (χ3n) is 6.72. The topological polar surface area (TPSA) is 26.0 Å². The molecule has 1 nitrogen and oxygen atoms in total. The normalized spacial score (nSPS) is 20.2. The number of nitrogens with two attached hydrogens (primary N) is 1. The Labute approximate surface area is 165 Å². The van der Waals surface area contributed by atoms with Crippen LogP contribution in [0.15, 0.2) is 42.5 Å². The Morgan fingerprint density at radius 3 is 2.63 bits per heavy atom. The lowest BCUT2D eigenvalue weighted by Crippen LogP contribution is -2.19. The lowest BCUT2D eigenvalue weighted by Gasteiger charge is -2.33. The van der Waals surface area contributed by atoms with Gasteiger partial charge in [-0.3, -0.25) is 0 Å². The van der Waals surface area contributed by atoms with Gasteiger partial charge in [-0.05, 0) is 91.7 Å². The van der Waals surface area contributed by atoms with Crippen LogP contribution in [0.3, 0.4) is 0 Å². The van der Waals surface area contributed by atoms with Crippen LogP contribution in [0, 0.1) is 19.8 Å². The minimum Gasteiger partial charge on any atom is -0.398 e. The van der Waals surface area contributed by atoms with Crippen molar-refractivity contribution in [2.24, 2.45) is 5.92 Å². The van der Waals surface area contributed by atoms with Gasteiger partial charge in [0.2, 0.25) is 0 Å². The zero-order chi connectivity index (χ0) is 19.7. The van der Waals surface area contributed by atoms with E-state index in [1.807, 2.05) is 0 Å². The van der Waals surface area contributed by atoms with Gasteiger partial charge in [0.1, 0.15) is 0 Å². The minimum absolute atomic E-state index is 0.409. The number of anilines is 1. The van der Waals surface area contributed by atoms with E-state index in [4.69, 9.17) is 5.73 Å². The quantitative estimate of drug-likeness (QED) is 0.448. The van der Waals surface area contributed by atoms with Crippen LogP contribution in [0.25, 0.3) is 0 Å². The monoisotopic (exact) mass is 361 g/mol. The molecule has 1 aliphatic carbocycles. The van der Waals surface area contributed by atoms with E-state index < -0.39 is 0 Å². The fourth-order valence-electron chi connectivity index (χ4n) is 4.95. The molecule has 0 aliphatic heterocycles. The summed E-state index contributed by atoms with van der Waals surface area (Å²) < 4.78 is 0. The molecule has 0 radical (unpaired) electrons. The number of rotatable bonds is 5. The van der Waals surface area contributed by atoms with E-state index in [9.17, 15) is 0 Å². The molecule has 2 aromatic rings. The Kier molecular flexibility index (Phi) is 5.79. The van der Waals surface area contributed by atoms with Crippen LogP contribution in [0.1, 0.15) is 85.3 Å². The van der Waals surface area contributed by atoms with Crippen molar-refractivity contribution in [3.8, 4) is 0 Å². The highest BCUT2D eigenvalue weighted by atomic mass is 14.6. The zero-order valence-electron chi connectivity index (χ0n) is 17.7. The van der Waals surface area contributed by atoms with Gasteiger partial charge in [-0.25, -0.2) is 0 Å². The Morgan fingerprint density at radius 1 is 1.22 bits per heavy atom. The standard InChI is InChI=1S/C26H35N/c1-7-23(24-13-8-17(4)26(27)19(24)6)22-12-10-20-9-11-21(14-16(2)3)18(5)25(20)15-22/h8,10,12-13,15,18,21,23H,2,7,9,11,14,27H2,1,3-6H3. The number of aryl methyl sites for hydroxylation is 2. The van der Waals surface area contributed by atoms with Gasteiger partial charge in [0.15, 0.2) is 0 Å². The highest BCUT2D eigenvalue weighted by Gasteiger charge is 2.27. The van der Waals surface area contributed by atoms with Crippen LogP contribution in [0.4, 0.5) is 5.69 Å². The summed E-state index contributed by atoms with van der Waals surface area (Å²) in [4.78, 5) is 0. The first-order chi connectivity index (χ1) is 12.8. The molecule has 1 heteroatoms. The van der Waals surface area contributed by atoms with E-state index in [0.717, 1.165) is 24.4 Å². The van der Waals surface area contributed by atoms with Crippen LogP contribution in [-0.2, 0) is 6.42 Å². The second-order valence-corrected chi connectivity index (χ2v) is 8.68. The SMILES string of the molecule is C=C(C)CC1CCc2ccc(C(CC)c3ccc(C)c(N)c3C)cc2C1C. The molecule has 2 N–H and O–H groups in total. The molecule has 0 heterocycles. The molecule has 0 saturated heterocycles. The molecule has 144 valence electrons. The van der Waals surface area contributed by atoms with E-state index in [1.165, 1.54) is 40.7 Å². The van der Waals surface area contributed by atoms with Crippen molar-refractivity contribution < 1.29 is 0 Å². The molecular weight excluding hydrogens is 326 g/mol. The van der Waals surface area contributed by atoms with Crippen molar-refractivity contribution in [3.63, 3.8) is 0 Å². The third-order valence-corrected chi connectivity index (χ3v) is 6.72. The maximum atomic E-state index is 6.34. The molecule has 0 spiro atoms. The molecule has 1 aliphatic rings. The summed E-state index contributed by atoms with van der Waals surface area (Å²) in [5.41, 5.74) is 16.9. The van der Waals surface area contributed by atoms with E-state index >= 15 is 0 Å². The summed E-state index contributed by atoms with van der Waals surface area (Å²) in [6, 6.07) is 11.7. The highest BCUT2D eigenvalue weighted by Crippen LogP contribution is 2.41. The Morgan fingerprint density at radius 2 is 1.96 bits per heavy atom. The summed E-state index contributed by atoms with van der Waals surface area (Å²) in [5.74, 6) is 1.74. The largest absolute Gasteiger partial charge is 0.398 e. The van der Waals surface area contributed by atoms with E-state index in [1.54, 1.807) is 11.1 Å². The van der Waals surface area contributed by atoms with Gasteiger partial charge in [-0.2, -0.15) is 0 Å². The van der Waals surface area contributed by atoms with Crippen LogP contribution in [0.5, 0.6) is 0 Å². The van der Waals surface area contributed by atoms with Crippen molar-refractivity contribution in [1.82, 2.24) is 0 Å². The third kappa shape index (κ3) is 3.83. The zero-order valence-corrected chi connectivity index (χ0v) is 17.7. The smallest absolute Gasteiger partial charge is 0.0376 e. The number of fused-ring (bicyclic) bond motifs is 1. The molecule has 0 bridgehead atoms. The molecule has 0 saturated carbocycles. The molecule has 0 amide bonds. The van der Waals surface area contributed by atoms with Crippen LogP contribution < -0.4 is 5.73 Å². The fraction of sp³-hybridized carbons (Fsp3) is 0.462. The van der Waals surface area contributed by atoms with Gasteiger partial charge in [-0.15, -0.1) is 6.58 Å². The average molecular weight is 362 g/mol. The summed E-state index contributed by atoms with van der Waals surface area (Å²) in [6.07, 6.45) is 4.72. The van der Waals surface area contributed by atoms with E-state index in [-0.39, 0.29) is 0 Å². The predicted molar refractivity (Wildman–Crippen MR) is 119 cm³/mol. The van der Waals surface area contributed by atoms with Crippen LogP contribution in [-0.4, -0.2) is 0 Å². The van der Waals surface area contributed by atoms with Crippen molar-refractivity contribution >= 4 is 5.69 Å². The number of hydrogen-bond acceptors (Lipinski definition) is 1. The Hall–Kier alpha value is -2.02. The maximum Gasteiger partial charge on any atom is 0.0376 e. The lowest BCUT2D eigenvalue weighted by atomic mass is 9.72. The summed E-state index contributed by atoms with van der Waals surface area (Å²) in [5, 5.41) is 0. The van der Waals surface area contributed by atoms with Crippen molar-refractivity contribution in [1.29, 1.82) is 0 Å². The first-order valence-corrected chi connectivity index (χ1v) is 10.5. The summed E-state index contributed by atoms with van der Waals surface area (Å²) in [6.45, 7) is 15.3. The molecular formula is C26H35N. The van der Waals surface area contributed by atoms with Crippen molar-refractivity contribution in [3.05, 3.63) is 75.9 Å². The Balaban J connectivity index is 1.99. The molecule has 0 aromatic heterocycles. The Bertz CT molecular complexity index is 846. The highest BCUT2D eigenvalue weighted by molar-refractivity contribution is 5.58. The summed E-state index contributed by atoms with van der Waals surface area (Å²) >= 11 is 0. The summed E-state index contributed by atoms with van der Waals surface area (Å²) in [7, 11) is 0. The van der Waals surface area contributed by atoms with E-state index in [2.05, 4.69) is 71.5 Å². The maximum absolute atomic E-state index is 6.34. The number of hydrogen-bond donors (Lipinski definition) is 1. The molecule has 3 rings (SSSR count). The van der Waals surface area contributed by atoms with Gasteiger partial charge < -0.3 is 5.73 Å². The van der Waals surface area contributed by atoms with E-state index in [0.29, 0.717) is 11.8 Å². The van der Waals surface area contributed by atoms with Gasteiger partial charge in [-0.1, -0.05) is 49.8 Å². The van der Waals surface area contributed by atoms with Crippen LogP contribution >= 0.6 is 0 Å². The van der Waals surface area contributed by atoms with Gasteiger partial charge in [0.25, 0.3) is 0 Å². The first kappa shape index (κ1) is 19.7. The lowest BCUT2D eigenvalue weighted by molar-refractivity contribution is 0.388. The molecule has 27 heavy (non-hydrogen) atoms. The molecule has 3 atom stereocenters.